The van der Waals surface area contributed by atoms with E-state index in [1.165, 1.54) is 10.9 Å². The Kier molecular flexibility index (Phi) is 6.46. The van der Waals surface area contributed by atoms with Gasteiger partial charge in [0.25, 0.3) is 0 Å². The summed E-state index contributed by atoms with van der Waals surface area (Å²) in [5.41, 5.74) is 0.295. The van der Waals surface area contributed by atoms with Crippen LogP contribution in [0.3, 0.4) is 0 Å². The average molecular weight is 541 g/mol. The first kappa shape index (κ1) is 25.0. The van der Waals surface area contributed by atoms with E-state index in [2.05, 4.69) is 33.6 Å². The lowest BCUT2D eigenvalue weighted by atomic mass is 10.1. The number of phosphoric acid groups is 2. The molecule has 5 heterocycles. The van der Waals surface area contributed by atoms with Gasteiger partial charge in [0.15, 0.2) is 29.4 Å². The van der Waals surface area contributed by atoms with Gasteiger partial charge < -0.3 is 45.0 Å². The highest BCUT2D eigenvalue weighted by Crippen LogP contribution is 2.60. The number of fused-ring (bicyclic) bond motifs is 5. The molecule has 18 nitrogen and oxygen atoms in total. The maximum atomic E-state index is 12.2. The van der Waals surface area contributed by atoms with Crippen LogP contribution in [0.15, 0.2) is 12.7 Å². The van der Waals surface area contributed by atoms with Gasteiger partial charge in [-0.15, -0.1) is 0 Å². The van der Waals surface area contributed by atoms with Gasteiger partial charge in [0, 0.05) is 0 Å². The Morgan fingerprint density at radius 1 is 0.886 bits per heavy atom. The number of anilines is 1. The minimum absolute atomic E-state index is 0.0676. The summed E-state index contributed by atoms with van der Waals surface area (Å²) in [4.78, 5) is 32.0. The van der Waals surface area contributed by atoms with E-state index in [0.29, 0.717) is 0 Å². The largest absolute Gasteiger partial charge is 0.481 e. The molecule has 7 N–H and O–H groups in total. The Morgan fingerprint density at radius 3 is 2.20 bits per heavy atom. The van der Waals surface area contributed by atoms with Crippen LogP contribution in [-0.4, -0.2) is 106 Å². The maximum Gasteiger partial charge on any atom is 0.481 e. The van der Waals surface area contributed by atoms with Crippen molar-refractivity contribution in [1.29, 1.82) is 0 Å². The van der Waals surface area contributed by atoms with Crippen LogP contribution in [0, 0.1) is 0 Å². The van der Waals surface area contributed by atoms with Gasteiger partial charge in [-0.1, -0.05) is 0 Å². The first-order chi connectivity index (χ1) is 16.5. The van der Waals surface area contributed by atoms with Gasteiger partial charge in [-0.2, -0.15) is 4.31 Å². The number of aromatic nitrogens is 4. The molecule has 5 rings (SSSR count). The van der Waals surface area contributed by atoms with E-state index < -0.39 is 77.9 Å². The lowest BCUT2D eigenvalue weighted by molar-refractivity contribution is -0.0507. The van der Waals surface area contributed by atoms with Gasteiger partial charge >= 0.3 is 15.6 Å². The van der Waals surface area contributed by atoms with Crippen molar-refractivity contribution in [3.05, 3.63) is 12.7 Å². The molecule has 20 heteroatoms. The number of phosphoric ester groups is 2. The highest BCUT2D eigenvalue weighted by atomic mass is 31.3. The molecule has 0 amide bonds. The van der Waals surface area contributed by atoms with Crippen LogP contribution < -0.4 is 5.32 Å². The Labute approximate surface area is 195 Å². The molecule has 2 aromatic rings. The third-order valence-electron chi connectivity index (χ3n) is 5.62. The first-order valence-corrected chi connectivity index (χ1v) is 13.1. The lowest BCUT2D eigenvalue weighted by Gasteiger charge is -2.21. The summed E-state index contributed by atoms with van der Waals surface area (Å²) in [5, 5.41) is 44.2. The molecule has 2 saturated heterocycles. The number of rotatable bonds is 0. The molecule has 0 radical (unpaired) electrons. The van der Waals surface area contributed by atoms with Crippen LogP contribution in [0.4, 0.5) is 5.82 Å². The number of ether oxygens (including phenoxy) is 2. The van der Waals surface area contributed by atoms with Gasteiger partial charge in [-0.05, 0) is 0 Å². The molecule has 8 bridgehead atoms. The zero-order chi connectivity index (χ0) is 25.1. The number of nitrogens with one attached hydrogen (secondary N) is 1. The van der Waals surface area contributed by atoms with E-state index in [1.54, 1.807) is 0 Å². The second-order valence-corrected chi connectivity index (χ2v) is 11.0. The molecule has 3 aliphatic rings. The van der Waals surface area contributed by atoms with Crippen LogP contribution in [0.5, 0.6) is 0 Å². The van der Waals surface area contributed by atoms with E-state index >= 15 is 0 Å². The molecule has 10 atom stereocenters. The third-order valence-corrected chi connectivity index (χ3v) is 8.22. The third kappa shape index (κ3) is 4.74. The summed E-state index contributed by atoms with van der Waals surface area (Å²) in [7, 11) is -10.5. The topological polar surface area (TPSA) is 257 Å². The second kappa shape index (κ2) is 9.04. The zero-order valence-corrected chi connectivity index (χ0v) is 19.2. The SMILES string of the molecule is O=P1(O)OC[C@H]2O[C@@H](Nc3ncnc4c3ncn4[C@@H]3O[C@H](COP(=O)(O)O1)[C@@H](O)[C@H]3O)[C@H](O)[C@@H]2O. The standard InChI is InChI=1S/C15H21N5O13P2/c21-8-5-1-29-34(25,26)33-35(27,28)30-2-6-9(22)11(24)15(32-6)20-4-18-7-12(16-3-17-13(7)20)19-14(31-5)10(8)23/h3-6,8-11,14-15,21-24H,1-2H2,(H,25,26)(H,27,28)(H,16,17,19)/t5-,6-,8-,9-,10-,11-,14-,15-/m1/s1. The number of aliphatic hydroxyl groups is 4. The van der Waals surface area contributed by atoms with Crippen LogP contribution in [-0.2, 0) is 32.0 Å². The Balaban J connectivity index is 1.52. The number of imidazole rings is 1. The summed E-state index contributed by atoms with van der Waals surface area (Å²) < 4.78 is 50.1. The quantitative estimate of drug-likeness (QED) is 0.171. The van der Waals surface area contributed by atoms with Crippen LogP contribution in [0.2, 0.25) is 0 Å². The summed E-state index contributed by atoms with van der Waals surface area (Å²) in [6, 6.07) is 0. The van der Waals surface area contributed by atoms with Crippen molar-refractivity contribution in [2.75, 3.05) is 18.5 Å². The van der Waals surface area contributed by atoms with Crippen molar-refractivity contribution >= 4 is 32.6 Å². The Hall–Kier alpha value is -1.63. The van der Waals surface area contributed by atoms with Gasteiger partial charge in [0.1, 0.15) is 43.0 Å². The van der Waals surface area contributed by atoms with Crippen molar-refractivity contribution in [3.8, 4) is 0 Å². The summed E-state index contributed by atoms with van der Waals surface area (Å²) in [6.45, 7) is -1.65. The highest BCUT2D eigenvalue weighted by molar-refractivity contribution is 7.61. The van der Waals surface area contributed by atoms with E-state index in [9.17, 15) is 39.3 Å². The van der Waals surface area contributed by atoms with E-state index in [4.69, 9.17) is 9.47 Å². The Morgan fingerprint density at radius 2 is 1.51 bits per heavy atom. The number of nitrogens with zero attached hydrogens (tertiary/aromatic N) is 4. The van der Waals surface area contributed by atoms with Crippen molar-refractivity contribution in [1.82, 2.24) is 19.5 Å². The van der Waals surface area contributed by atoms with Gasteiger partial charge in [-0.25, -0.2) is 24.1 Å². The summed E-state index contributed by atoms with van der Waals surface area (Å²) in [5.74, 6) is 0.0676. The molecule has 3 aliphatic heterocycles. The molecule has 2 aromatic heterocycles. The van der Waals surface area contributed by atoms with Crippen LogP contribution in [0.25, 0.3) is 11.2 Å². The van der Waals surface area contributed by atoms with E-state index in [1.807, 2.05) is 0 Å². The molecule has 2 fully saturated rings. The summed E-state index contributed by atoms with van der Waals surface area (Å²) in [6.07, 6.45) is -9.20. The van der Waals surface area contributed by atoms with Crippen LogP contribution in [0.1, 0.15) is 6.23 Å². The number of hydrogen-bond acceptors (Lipinski definition) is 15. The number of aliphatic hydroxyl groups excluding tert-OH is 4. The maximum absolute atomic E-state index is 12.2. The molecule has 0 saturated carbocycles. The number of hydrogen-bond donors (Lipinski definition) is 7. The minimum Gasteiger partial charge on any atom is -0.387 e. The predicted octanol–water partition coefficient (Wildman–Crippen LogP) is -2.43. The first-order valence-electron chi connectivity index (χ1n) is 10.1. The Bertz CT molecular complexity index is 1200. The normalized spacial score (nSPS) is 44.7. The molecular weight excluding hydrogens is 520 g/mol. The summed E-state index contributed by atoms with van der Waals surface area (Å²) >= 11 is 0. The van der Waals surface area contributed by atoms with Crippen molar-refractivity contribution in [2.24, 2.45) is 0 Å². The van der Waals surface area contributed by atoms with Crippen molar-refractivity contribution in [3.63, 3.8) is 0 Å². The highest BCUT2D eigenvalue weighted by Gasteiger charge is 2.48. The molecular formula is C15H21N5O13P2. The lowest BCUT2D eigenvalue weighted by Crippen LogP contribution is -2.37. The van der Waals surface area contributed by atoms with Crippen molar-refractivity contribution < 1.29 is 62.2 Å². The molecule has 0 spiro atoms. The van der Waals surface area contributed by atoms with E-state index in [-0.39, 0.29) is 17.0 Å². The smallest absolute Gasteiger partial charge is 0.387 e. The molecule has 35 heavy (non-hydrogen) atoms. The second-order valence-electron chi connectivity index (χ2n) is 7.92. The monoisotopic (exact) mass is 541 g/mol. The van der Waals surface area contributed by atoms with Gasteiger partial charge in [0.2, 0.25) is 0 Å². The van der Waals surface area contributed by atoms with Gasteiger partial charge in [0.05, 0.1) is 19.5 Å². The fourth-order valence-corrected chi connectivity index (χ4v) is 5.98. The van der Waals surface area contributed by atoms with Crippen molar-refractivity contribution in [2.45, 2.75) is 49.1 Å². The minimum atomic E-state index is -5.24. The van der Waals surface area contributed by atoms with Crippen LogP contribution >= 0.6 is 15.6 Å². The zero-order valence-electron chi connectivity index (χ0n) is 17.4. The predicted molar refractivity (Wildman–Crippen MR) is 108 cm³/mol. The fraction of sp³-hybridized carbons (Fsp3) is 0.667. The molecule has 0 aliphatic carbocycles. The van der Waals surface area contributed by atoms with E-state index in [0.717, 1.165) is 6.33 Å². The fourth-order valence-electron chi connectivity index (χ4n) is 3.89. The average Bonchev–Trinajstić information content (AvgIpc) is 3.41. The molecule has 0 aromatic carbocycles. The molecule has 194 valence electrons. The molecule has 2 unspecified atom stereocenters. The van der Waals surface area contributed by atoms with Gasteiger partial charge in [-0.3, -0.25) is 13.6 Å².